The zero-order chi connectivity index (χ0) is 46.9. The molecule has 17 heteroatoms. The minimum absolute atomic E-state index is 0.377. The molecule has 4 atom stereocenters. The fourth-order valence-corrected chi connectivity index (χ4v) is 8.52. The average molecular weight is 907 g/mol. The molecule has 17 nitrogen and oxygen atoms in total. The molecule has 0 saturated carbocycles. The predicted molar refractivity (Wildman–Crippen MR) is 243 cm³/mol. The zero-order valence-electron chi connectivity index (χ0n) is 37.0. The van der Waals surface area contributed by atoms with Gasteiger partial charge in [-0.2, -0.15) is 0 Å². The number of hydrogen-bond donors (Lipinski definition) is 4. The molecular formula is C50H50N8O9. The maximum Gasteiger partial charge on any atom is 0.407 e. The molecule has 6 aromatic rings. The van der Waals surface area contributed by atoms with Crippen molar-refractivity contribution in [1.29, 1.82) is 0 Å². The number of carbonyl (C=O) groups is 6. The Morgan fingerprint density at radius 3 is 1.34 bits per heavy atom. The van der Waals surface area contributed by atoms with Crippen LogP contribution in [0, 0.1) is 0 Å². The second-order valence-corrected chi connectivity index (χ2v) is 16.3. The van der Waals surface area contributed by atoms with E-state index in [9.17, 15) is 28.8 Å². The minimum atomic E-state index is -1.20. The Bertz CT molecular complexity index is 2520. The van der Waals surface area contributed by atoms with Crippen molar-refractivity contribution in [3.63, 3.8) is 0 Å². The SMILES string of the molecule is COC(=O)N[C@H](C(=O)C(=O)N1CCC[C@H]1c1ncc(-c2ccc(COCc3ccc(-c4cnc([C@@H]5CCCN5C(=O)C(=O)[C@H](NC(=O)OC)c5ccccc5)[nH]4)cc3)cc2)[nH]1)c1ccccc1. The molecule has 2 fully saturated rings. The first-order chi connectivity index (χ1) is 32.6. The Morgan fingerprint density at radius 2 is 0.970 bits per heavy atom. The van der Waals surface area contributed by atoms with Gasteiger partial charge in [0, 0.05) is 13.1 Å². The number of rotatable bonds is 16. The number of amides is 4. The van der Waals surface area contributed by atoms with Gasteiger partial charge < -0.3 is 44.6 Å². The molecule has 8 rings (SSSR count). The standard InChI is InChI=1S/C50H50N8O9/c1-65-49(63)55-41(35-11-5-3-6-12-35)43(59)47(61)57-25-9-15-39(57)45-51-27-37(53-45)33-21-17-31(18-22-33)29-67-30-32-19-23-34(24-20-32)38-28-52-46(54-38)40-16-10-26-58(40)48(62)44(60)42(56-50(64)66-2)36-13-7-4-8-14-36/h3-8,11-14,17-24,27-28,39-42H,9-10,15-16,25-26,29-30H2,1-2H3,(H,51,53)(H,52,54)(H,55,63)(H,56,64)/t39-,40-,41-,42+/m0/s1. The third kappa shape index (κ3) is 10.5. The van der Waals surface area contributed by atoms with Crippen molar-refractivity contribution in [3.8, 4) is 22.5 Å². The van der Waals surface area contributed by atoms with Crippen molar-refractivity contribution < 1.29 is 43.0 Å². The summed E-state index contributed by atoms with van der Waals surface area (Å²) in [6.07, 6.45) is 4.43. The van der Waals surface area contributed by atoms with Gasteiger partial charge in [0.2, 0.25) is 11.6 Å². The monoisotopic (exact) mass is 906 g/mol. The summed E-state index contributed by atoms with van der Waals surface area (Å²) < 4.78 is 15.5. The van der Waals surface area contributed by atoms with E-state index in [2.05, 4.69) is 30.6 Å². The maximum atomic E-state index is 13.6. The van der Waals surface area contributed by atoms with Crippen LogP contribution in [-0.2, 0) is 46.6 Å². The number of H-pyrrole nitrogens is 2. The Labute approximate surface area is 386 Å². The van der Waals surface area contributed by atoms with E-state index in [4.69, 9.17) is 14.2 Å². The average Bonchev–Trinajstić information content (AvgIpc) is 4.23. The van der Waals surface area contributed by atoms with Gasteiger partial charge >= 0.3 is 12.2 Å². The highest BCUT2D eigenvalue weighted by Crippen LogP contribution is 2.34. The Hall–Kier alpha value is -7.92. The van der Waals surface area contributed by atoms with Crippen LogP contribution in [0.4, 0.5) is 9.59 Å². The van der Waals surface area contributed by atoms with Gasteiger partial charge in [-0.1, -0.05) is 109 Å². The predicted octanol–water partition coefficient (Wildman–Crippen LogP) is 6.84. The van der Waals surface area contributed by atoms with Crippen LogP contribution in [0.3, 0.4) is 0 Å². The lowest BCUT2D eigenvalue weighted by atomic mass is 10.0. The highest BCUT2D eigenvalue weighted by Gasteiger charge is 2.40. The minimum Gasteiger partial charge on any atom is -0.453 e. The smallest absolute Gasteiger partial charge is 0.407 e. The first kappa shape index (κ1) is 45.6. The molecule has 4 N–H and O–H groups in total. The van der Waals surface area contributed by atoms with Crippen LogP contribution in [0.5, 0.6) is 0 Å². The van der Waals surface area contributed by atoms with Gasteiger partial charge in [0.15, 0.2) is 0 Å². The van der Waals surface area contributed by atoms with E-state index in [0.717, 1.165) is 33.6 Å². The molecule has 4 heterocycles. The van der Waals surface area contributed by atoms with Crippen molar-refractivity contribution in [3.05, 3.63) is 155 Å². The lowest BCUT2D eigenvalue weighted by Crippen LogP contribution is -2.44. The van der Waals surface area contributed by atoms with Gasteiger partial charge in [-0.3, -0.25) is 19.2 Å². The summed E-state index contributed by atoms with van der Waals surface area (Å²) in [6, 6.07) is 29.7. The molecule has 0 radical (unpaired) electrons. The molecule has 344 valence electrons. The number of imidazole rings is 2. The number of ketones is 2. The van der Waals surface area contributed by atoms with E-state index in [1.165, 1.54) is 24.0 Å². The van der Waals surface area contributed by atoms with Crippen LogP contribution in [0.1, 0.15) is 83.8 Å². The van der Waals surface area contributed by atoms with Crippen LogP contribution in [0.2, 0.25) is 0 Å². The van der Waals surface area contributed by atoms with Gasteiger partial charge in [0.25, 0.3) is 11.8 Å². The normalized spacial score (nSPS) is 16.5. The molecular weight excluding hydrogens is 857 g/mol. The summed E-state index contributed by atoms with van der Waals surface area (Å²) in [5.74, 6) is -1.79. The summed E-state index contributed by atoms with van der Waals surface area (Å²) in [7, 11) is 2.40. The number of nitrogens with one attached hydrogen (secondary N) is 4. The number of aromatic amines is 2. The Morgan fingerprint density at radius 1 is 0.582 bits per heavy atom. The molecule has 67 heavy (non-hydrogen) atoms. The van der Waals surface area contributed by atoms with Crippen LogP contribution < -0.4 is 10.6 Å². The number of hydrogen-bond acceptors (Lipinski definition) is 11. The number of alkyl carbamates (subject to hydrolysis) is 2. The number of benzene rings is 4. The van der Waals surface area contributed by atoms with E-state index in [1.54, 1.807) is 73.1 Å². The lowest BCUT2D eigenvalue weighted by molar-refractivity contribution is -0.146. The topological polar surface area (TPSA) is 218 Å². The van der Waals surface area contributed by atoms with Gasteiger partial charge in [-0.15, -0.1) is 0 Å². The Kier molecular flexibility index (Phi) is 14.3. The highest BCUT2D eigenvalue weighted by molar-refractivity contribution is 6.39. The molecule has 2 aliphatic heterocycles. The van der Waals surface area contributed by atoms with Gasteiger partial charge in [0.05, 0.1) is 63.3 Å². The summed E-state index contributed by atoms with van der Waals surface area (Å²) in [6.45, 7) is 1.52. The molecule has 0 spiro atoms. The molecule has 0 aliphatic carbocycles. The van der Waals surface area contributed by atoms with E-state index in [-0.39, 0.29) is 0 Å². The molecule has 2 aliphatic rings. The fraction of sp³-hybridized carbons (Fsp3) is 0.280. The second-order valence-electron chi connectivity index (χ2n) is 16.3. The number of methoxy groups -OCH3 is 2. The number of nitrogens with zero attached hydrogens (tertiary/aromatic N) is 4. The van der Waals surface area contributed by atoms with Crippen molar-refractivity contribution >= 4 is 35.6 Å². The molecule has 4 amide bonds. The third-order valence-corrected chi connectivity index (χ3v) is 12.0. The highest BCUT2D eigenvalue weighted by atomic mass is 16.5. The van der Waals surface area contributed by atoms with E-state index in [1.807, 2.05) is 48.5 Å². The second kappa shape index (κ2) is 20.9. The van der Waals surface area contributed by atoms with Crippen LogP contribution in [0.15, 0.2) is 122 Å². The largest absolute Gasteiger partial charge is 0.453 e. The third-order valence-electron chi connectivity index (χ3n) is 12.0. The quantitative estimate of drug-likeness (QED) is 0.0737. The van der Waals surface area contributed by atoms with Crippen LogP contribution >= 0.6 is 0 Å². The van der Waals surface area contributed by atoms with E-state index < -0.39 is 59.7 Å². The molecule has 2 aromatic heterocycles. The number of Topliss-reactive ketones (excluding diaryl/α,β-unsaturated/α-hetero) is 2. The fourth-order valence-electron chi connectivity index (χ4n) is 8.52. The van der Waals surface area contributed by atoms with Crippen molar-refractivity contribution in [2.24, 2.45) is 0 Å². The molecule has 2 saturated heterocycles. The first-order valence-corrected chi connectivity index (χ1v) is 22.0. The van der Waals surface area contributed by atoms with Gasteiger partial charge in [-0.05, 0) is 59.1 Å². The first-order valence-electron chi connectivity index (χ1n) is 22.0. The summed E-state index contributed by atoms with van der Waals surface area (Å²) >= 11 is 0. The van der Waals surface area contributed by atoms with Crippen molar-refractivity contribution in [2.75, 3.05) is 27.3 Å². The lowest BCUT2D eigenvalue weighted by Gasteiger charge is -2.25. The van der Waals surface area contributed by atoms with Gasteiger partial charge in [0.1, 0.15) is 23.7 Å². The van der Waals surface area contributed by atoms with Crippen LogP contribution in [0.25, 0.3) is 22.5 Å². The van der Waals surface area contributed by atoms with E-state index >= 15 is 0 Å². The number of carbonyl (C=O) groups excluding carboxylic acids is 6. The molecule has 0 unspecified atom stereocenters. The molecule has 0 bridgehead atoms. The van der Waals surface area contributed by atoms with Crippen molar-refractivity contribution in [2.45, 2.75) is 63.1 Å². The van der Waals surface area contributed by atoms with Crippen LogP contribution in [-0.4, -0.2) is 92.6 Å². The maximum absolute atomic E-state index is 13.6. The summed E-state index contributed by atoms with van der Waals surface area (Å²) in [5.41, 5.74) is 6.20. The van der Waals surface area contributed by atoms with E-state index in [0.29, 0.717) is 74.8 Å². The Balaban J connectivity index is 0.836. The summed E-state index contributed by atoms with van der Waals surface area (Å²) in [5, 5.41) is 5.01. The van der Waals surface area contributed by atoms with Gasteiger partial charge in [-0.25, -0.2) is 19.6 Å². The number of aromatic nitrogens is 4. The summed E-state index contributed by atoms with van der Waals surface area (Å²) in [4.78, 5) is 97.5. The number of likely N-dealkylation sites (tertiary alicyclic amines) is 2. The molecule has 4 aromatic carbocycles. The zero-order valence-corrected chi connectivity index (χ0v) is 37.0. The number of ether oxygens (including phenoxy) is 3. The van der Waals surface area contributed by atoms with Crippen molar-refractivity contribution in [1.82, 2.24) is 40.4 Å².